The summed E-state index contributed by atoms with van der Waals surface area (Å²) in [5.41, 5.74) is 0. The van der Waals surface area contributed by atoms with Crippen LogP contribution in [0, 0.1) is 0 Å². The lowest BCUT2D eigenvalue weighted by Crippen LogP contribution is -2.49. The van der Waals surface area contributed by atoms with E-state index < -0.39 is 22.2 Å². The molecule has 0 radical (unpaired) electrons. The number of hydrogen-bond acceptors (Lipinski definition) is 4. The summed E-state index contributed by atoms with van der Waals surface area (Å²) in [7, 11) is -3.26. The summed E-state index contributed by atoms with van der Waals surface area (Å²) in [6.45, 7) is 0.910. The van der Waals surface area contributed by atoms with Crippen LogP contribution in [0.25, 0.3) is 0 Å². The molecule has 1 heterocycles. The molecule has 0 aromatic rings. The van der Waals surface area contributed by atoms with Gasteiger partial charge in [-0.05, 0) is 0 Å². The summed E-state index contributed by atoms with van der Waals surface area (Å²) in [6.07, 6.45) is -0.377. The monoisotopic (exact) mass is 238 g/mol. The van der Waals surface area contributed by atoms with Crippen LogP contribution in [0.4, 0.5) is 4.79 Å². The van der Waals surface area contributed by atoms with Gasteiger partial charge in [0.15, 0.2) is 0 Å². The van der Waals surface area contributed by atoms with Crippen LogP contribution in [0.3, 0.4) is 0 Å². The van der Waals surface area contributed by atoms with Gasteiger partial charge in [-0.25, -0.2) is 17.9 Å². The summed E-state index contributed by atoms with van der Waals surface area (Å²) < 4.78 is 29.1. The van der Waals surface area contributed by atoms with Gasteiger partial charge >= 0.3 is 6.09 Å². The van der Waals surface area contributed by atoms with Gasteiger partial charge in [-0.3, -0.25) is 0 Å². The third-order valence-corrected chi connectivity index (χ3v) is 2.67. The molecule has 1 atom stereocenters. The SMILES string of the molecule is CS(=O)(=O)NC[C@@H]1CN(C(=O)O)CCO1. The maximum absolute atomic E-state index is 10.8. The molecule has 0 bridgehead atoms. The van der Waals surface area contributed by atoms with Crippen LogP contribution in [0.15, 0.2) is 0 Å². The second-order valence-corrected chi connectivity index (χ2v) is 5.18. The zero-order chi connectivity index (χ0) is 11.5. The third kappa shape index (κ3) is 4.45. The zero-order valence-electron chi connectivity index (χ0n) is 8.34. The first-order chi connectivity index (χ1) is 6.88. The molecule has 8 heteroatoms. The molecule has 0 aromatic carbocycles. The van der Waals surface area contributed by atoms with Crippen LogP contribution in [0.2, 0.25) is 0 Å². The molecule has 0 aromatic heterocycles. The van der Waals surface area contributed by atoms with Crippen LogP contribution in [-0.4, -0.2) is 63.1 Å². The number of carbonyl (C=O) groups is 1. The molecular formula is C7H14N2O5S. The van der Waals surface area contributed by atoms with Crippen LogP contribution < -0.4 is 4.72 Å². The Morgan fingerprint density at radius 3 is 2.87 bits per heavy atom. The van der Waals surface area contributed by atoms with Gasteiger partial charge in [-0.2, -0.15) is 0 Å². The third-order valence-electron chi connectivity index (χ3n) is 1.98. The lowest BCUT2D eigenvalue weighted by molar-refractivity contribution is -0.0182. The summed E-state index contributed by atoms with van der Waals surface area (Å²) in [6, 6.07) is 0. The largest absolute Gasteiger partial charge is 0.465 e. The molecule has 0 aliphatic carbocycles. The molecule has 0 spiro atoms. The summed E-state index contributed by atoms with van der Waals surface area (Å²) in [5.74, 6) is 0. The minimum atomic E-state index is -3.26. The Bertz CT molecular complexity index is 328. The van der Waals surface area contributed by atoms with Crippen molar-refractivity contribution >= 4 is 16.1 Å². The van der Waals surface area contributed by atoms with Crippen molar-refractivity contribution < 1.29 is 23.1 Å². The van der Waals surface area contributed by atoms with E-state index in [0.717, 1.165) is 6.26 Å². The number of morpholine rings is 1. The maximum Gasteiger partial charge on any atom is 0.407 e. The topological polar surface area (TPSA) is 95.9 Å². The molecule has 1 amide bonds. The second-order valence-electron chi connectivity index (χ2n) is 3.34. The van der Waals surface area contributed by atoms with Crippen LogP contribution >= 0.6 is 0 Å². The fourth-order valence-electron chi connectivity index (χ4n) is 1.26. The number of carboxylic acid groups (broad SMARTS) is 1. The Balaban J connectivity index is 2.40. The fourth-order valence-corrected chi connectivity index (χ4v) is 1.75. The minimum Gasteiger partial charge on any atom is -0.465 e. The molecule has 2 N–H and O–H groups in total. The van der Waals surface area contributed by atoms with Crippen LogP contribution in [-0.2, 0) is 14.8 Å². The molecular weight excluding hydrogens is 224 g/mol. The molecule has 1 fully saturated rings. The predicted octanol–water partition coefficient (Wildman–Crippen LogP) is -1.09. The lowest BCUT2D eigenvalue weighted by Gasteiger charge is -2.30. The van der Waals surface area contributed by atoms with E-state index in [9.17, 15) is 13.2 Å². The molecule has 1 aliphatic rings. The molecule has 1 aliphatic heterocycles. The average molecular weight is 238 g/mol. The van der Waals surface area contributed by atoms with Gasteiger partial charge in [0.2, 0.25) is 10.0 Å². The number of nitrogens with one attached hydrogen (secondary N) is 1. The van der Waals surface area contributed by atoms with E-state index in [2.05, 4.69) is 4.72 Å². The fraction of sp³-hybridized carbons (Fsp3) is 0.857. The van der Waals surface area contributed by atoms with Crippen molar-refractivity contribution in [3.05, 3.63) is 0 Å². The zero-order valence-corrected chi connectivity index (χ0v) is 9.16. The number of amides is 1. The van der Waals surface area contributed by atoms with E-state index in [-0.39, 0.29) is 13.1 Å². The van der Waals surface area contributed by atoms with Crippen LogP contribution in [0.1, 0.15) is 0 Å². The van der Waals surface area contributed by atoms with Gasteiger partial charge < -0.3 is 14.7 Å². The molecule has 15 heavy (non-hydrogen) atoms. The summed E-state index contributed by atoms with van der Waals surface area (Å²) >= 11 is 0. The molecule has 1 rings (SSSR count). The smallest absolute Gasteiger partial charge is 0.407 e. The van der Waals surface area contributed by atoms with Crippen LogP contribution in [0.5, 0.6) is 0 Å². The van der Waals surface area contributed by atoms with E-state index in [1.165, 1.54) is 4.90 Å². The highest BCUT2D eigenvalue weighted by atomic mass is 32.2. The van der Waals surface area contributed by atoms with E-state index in [1.807, 2.05) is 0 Å². The van der Waals surface area contributed by atoms with Crippen molar-refractivity contribution in [2.24, 2.45) is 0 Å². The quantitative estimate of drug-likeness (QED) is 0.651. The normalized spacial score (nSPS) is 22.7. The van der Waals surface area contributed by atoms with E-state index >= 15 is 0 Å². The molecule has 7 nitrogen and oxygen atoms in total. The van der Waals surface area contributed by atoms with Crippen molar-refractivity contribution in [3.8, 4) is 0 Å². The Hall–Kier alpha value is -0.860. The highest BCUT2D eigenvalue weighted by Crippen LogP contribution is 2.04. The van der Waals surface area contributed by atoms with E-state index in [1.54, 1.807) is 0 Å². The van der Waals surface area contributed by atoms with Crippen molar-refractivity contribution in [3.63, 3.8) is 0 Å². The lowest BCUT2D eigenvalue weighted by atomic mass is 10.3. The van der Waals surface area contributed by atoms with Gasteiger partial charge in [-0.1, -0.05) is 0 Å². The average Bonchev–Trinajstić information content (AvgIpc) is 2.14. The van der Waals surface area contributed by atoms with Gasteiger partial charge in [0.1, 0.15) is 0 Å². The summed E-state index contributed by atoms with van der Waals surface area (Å²) in [5, 5.41) is 8.72. The van der Waals surface area contributed by atoms with Crippen molar-refractivity contribution in [1.29, 1.82) is 0 Å². The van der Waals surface area contributed by atoms with E-state index in [4.69, 9.17) is 9.84 Å². The van der Waals surface area contributed by atoms with Gasteiger partial charge in [0.05, 0.1) is 25.5 Å². The molecule has 88 valence electrons. The second kappa shape index (κ2) is 4.77. The first-order valence-corrected chi connectivity index (χ1v) is 6.32. The highest BCUT2D eigenvalue weighted by molar-refractivity contribution is 7.88. The molecule has 0 saturated carbocycles. The Morgan fingerprint density at radius 1 is 1.67 bits per heavy atom. The van der Waals surface area contributed by atoms with Gasteiger partial charge in [0.25, 0.3) is 0 Å². The highest BCUT2D eigenvalue weighted by Gasteiger charge is 2.24. The van der Waals surface area contributed by atoms with Gasteiger partial charge in [-0.15, -0.1) is 0 Å². The minimum absolute atomic E-state index is 0.0998. The number of rotatable bonds is 3. The predicted molar refractivity (Wildman–Crippen MR) is 52.2 cm³/mol. The standard InChI is InChI=1S/C7H14N2O5S/c1-15(12,13)8-4-6-5-9(7(10)11)2-3-14-6/h6,8H,2-5H2,1H3,(H,10,11)/t6-/m1/s1. The van der Waals surface area contributed by atoms with Gasteiger partial charge in [0, 0.05) is 13.1 Å². The summed E-state index contributed by atoms with van der Waals surface area (Å²) in [4.78, 5) is 11.8. The molecule has 0 unspecified atom stereocenters. The number of sulfonamides is 1. The Labute approximate surface area is 88.1 Å². The molecule has 1 saturated heterocycles. The number of ether oxygens (including phenoxy) is 1. The number of nitrogens with zero attached hydrogens (tertiary/aromatic N) is 1. The number of hydrogen-bond donors (Lipinski definition) is 2. The van der Waals surface area contributed by atoms with E-state index in [0.29, 0.717) is 13.2 Å². The maximum atomic E-state index is 10.8. The van der Waals surface area contributed by atoms with Crippen molar-refractivity contribution in [1.82, 2.24) is 9.62 Å². The first-order valence-electron chi connectivity index (χ1n) is 4.42. The Kier molecular flexibility index (Phi) is 3.89. The van der Waals surface area contributed by atoms with Crippen molar-refractivity contribution in [2.45, 2.75) is 6.10 Å². The Morgan fingerprint density at radius 2 is 2.33 bits per heavy atom. The first kappa shape index (κ1) is 12.2. The van der Waals surface area contributed by atoms with Crippen molar-refractivity contribution in [2.75, 3.05) is 32.5 Å².